The number of ether oxygens (including phenoxy) is 2. The van der Waals surface area contributed by atoms with Crippen LogP contribution in [0.2, 0.25) is 0 Å². The van der Waals surface area contributed by atoms with Gasteiger partial charge in [-0.3, -0.25) is 0 Å². The standard InChI is InChI=1S/C17H20FNO2/c1-11-5-7-12(8-6-11)17(19-2)13-9-15(20-3)16(21-4)10-14(13)18/h5-10,17,19H,1-4H3. The maximum Gasteiger partial charge on any atom is 0.163 e. The van der Waals surface area contributed by atoms with E-state index < -0.39 is 0 Å². The topological polar surface area (TPSA) is 30.5 Å². The molecule has 2 aromatic rings. The molecule has 2 rings (SSSR count). The molecule has 0 saturated carbocycles. The van der Waals surface area contributed by atoms with Crippen LogP contribution in [0.4, 0.5) is 4.39 Å². The summed E-state index contributed by atoms with van der Waals surface area (Å²) >= 11 is 0. The van der Waals surface area contributed by atoms with Crippen molar-refractivity contribution in [1.29, 1.82) is 0 Å². The largest absolute Gasteiger partial charge is 0.493 e. The fourth-order valence-electron chi connectivity index (χ4n) is 2.35. The molecule has 0 fully saturated rings. The molecule has 2 aromatic carbocycles. The maximum atomic E-state index is 14.4. The van der Waals surface area contributed by atoms with E-state index in [1.54, 1.807) is 20.2 Å². The summed E-state index contributed by atoms with van der Waals surface area (Å²) in [7, 11) is 4.84. The SMILES string of the molecule is CNC(c1ccc(C)cc1)c1cc(OC)c(OC)cc1F. The minimum Gasteiger partial charge on any atom is -0.493 e. The van der Waals surface area contributed by atoms with Crippen LogP contribution in [0.15, 0.2) is 36.4 Å². The number of methoxy groups -OCH3 is 2. The Bertz CT molecular complexity index is 611. The number of hydrogen-bond donors (Lipinski definition) is 1. The summed E-state index contributed by atoms with van der Waals surface area (Å²) in [5.41, 5.74) is 2.69. The van der Waals surface area contributed by atoms with Crippen LogP contribution in [0.1, 0.15) is 22.7 Å². The molecule has 0 bridgehead atoms. The van der Waals surface area contributed by atoms with Gasteiger partial charge in [0.2, 0.25) is 0 Å². The van der Waals surface area contributed by atoms with Crippen molar-refractivity contribution >= 4 is 0 Å². The van der Waals surface area contributed by atoms with Crippen molar-refractivity contribution in [3.05, 3.63) is 58.9 Å². The summed E-state index contributed by atoms with van der Waals surface area (Å²) < 4.78 is 24.8. The van der Waals surface area contributed by atoms with E-state index in [0.29, 0.717) is 17.1 Å². The molecule has 0 aliphatic heterocycles. The van der Waals surface area contributed by atoms with Crippen LogP contribution in [-0.4, -0.2) is 21.3 Å². The Kier molecular flexibility index (Phi) is 4.81. The minimum atomic E-state index is -0.326. The molecule has 3 nitrogen and oxygen atoms in total. The highest BCUT2D eigenvalue weighted by Gasteiger charge is 2.19. The van der Waals surface area contributed by atoms with Crippen molar-refractivity contribution in [3.63, 3.8) is 0 Å². The second-order valence-corrected chi connectivity index (χ2v) is 4.86. The first-order chi connectivity index (χ1) is 10.1. The predicted octanol–water partition coefficient (Wildman–Crippen LogP) is 3.46. The summed E-state index contributed by atoms with van der Waals surface area (Å²) in [6, 6.07) is 10.8. The normalized spacial score (nSPS) is 12.0. The Morgan fingerprint density at radius 3 is 2.10 bits per heavy atom. The lowest BCUT2D eigenvalue weighted by atomic mass is 9.97. The number of aryl methyl sites for hydroxylation is 1. The van der Waals surface area contributed by atoms with E-state index in [4.69, 9.17) is 9.47 Å². The molecule has 0 amide bonds. The first kappa shape index (κ1) is 15.3. The first-order valence-electron chi connectivity index (χ1n) is 6.76. The number of rotatable bonds is 5. The van der Waals surface area contributed by atoms with E-state index in [1.165, 1.54) is 18.7 Å². The zero-order chi connectivity index (χ0) is 15.4. The van der Waals surface area contributed by atoms with Gasteiger partial charge < -0.3 is 14.8 Å². The Morgan fingerprint density at radius 2 is 1.57 bits per heavy atom. The van der Waals surface area contributed by atoms with Crippen LogP contribution < -0.4 is 14.8 Å². The fourth-order valence-corrected chi connectivity index (χ4v) is 2.35. The Labute approximate surface area is 124 Å². The maximum absolute atomic E-state index is 14.4. The van der Waals surface area contributed by atoms with E-state index in [0.717, 1.165) is 5.56 Å². The third-order valence-electron chi connectivity index (χ3n) is 3.51. The van der Waals surface area contributed by atoms with Gasteiger partial charge in [0.25, 0.3) is 0 Å². The van der Waals surface area contributed by atoms with Crippen LogP contribution in [0.5, 0.6) is 11.5 Å². The summed E-state index contributed by atoms with van der Waals surface area (Å²) in [4.78, 5) is 0. The number of hydrogen-bond acceptors (Lipinski definition) is 3. The zero-order valence-electron chi connectivity index (χ0n) is 12.7. The molecular weight excluding hydrogens is 269 g/mol. The Hall–Kier alpha value is -2.07. The van der Waals surface area contributed by atoms with Crippen molar-refractivity contribution in [3.8, 4) is 11.5 Å². The highest BCUT2D eigenvalue weighted by atomic mass is 19.1. The van der Waals surface area contributed by atoms with Crippen molar-refractivity contribution < 1.29 is 13.9 Å². The molecule has 1 N–H and O–H groups in total. The molecule has 0 aliphatic rings. The second-order valence-electron chi connectivity index (χ2n) is 4.86. The van der Waals surface area contributed by atoms with Gasteiger partial charge in [-0.05, 0) is 25.6 Å². The molecule has 0 spiro atoms. The molecule has 0 aliphatic carbocycles. The van der Waals surface area contributed by atoms with Crippen LogP contribution in [0.3, 0.4) is 0 Å². The fraction of sp³-hybridized carbons (Fsp3) is 0.294. The van der Waals surface area contributed by atoms with E-state index in [-0.39, 0.29) is 11.9 Å². The lowest BCUT2D eigenvalue weighted by Crippen LogP contribution is -2.19. The quantitative estimate of drug-likeness (QED) is 0.914. The van der Waals surface area contributed by atoms with Crippen molar-refractivity contribution in [2.24, 2.45) is 0 Å². The molecule has 0 radical (unpaired) electrons. The van der Waals surface area contributed by atoms with Crippen molar-refractivity contribution in [2.75, 3.05) is 21.3 Å². The average molecular weight is 289 g/mol. The lowest BCUT2D eigenvalue weighted by Gasteiger charge is -2.20. The van der Waals surface area contributed by atoms with Gasteiger partial charge >= 0.3 is 0 Å². The van der Waals surface area contributed by atoms with Gasteiger partial charge in [-0.25, -0.2) is 4.39 Å². The molecule has 112 valence electrons. The van der Waals surface area contributed by atoms with Gasteiger partial charge in [0.05, 0.1) is 20.3 Å². The lowest BCUT2D eigenvalue weighted by molar-refractivity contribution is 0.351. The number of benzene rings is 2. The van der Waals surface area contributed by atoms with Crippen LogP contribution in [-0.2, 0) is 0 Å². The van der Waals surface area contributed by atoms with E-state index in [2.05, 4.69) is 5.32 Å². The molecule has 0 heterocycles. The monoisotopic (exact) mass is 289 g/mol. The van der Waals surface area contributed by atoms with Crippen LogP contribution in [0.25, 0.3) is 0 Å². The van der Waals surface area contributed by atoms with E-state index in [1.807, 2.05) is 31.2 Å². The summed E-state index contributed by atoms with van der Waals surface area (Å²) in [6.07, 6.45) is 0. The third-order valence-corrected chi connectivity index (χ3v) is 3.51. The van der Waals surface area contributed by atoms with Crippen LogP contribution >= 0.6 is 0 Å². The molecule has 4 heteroatoms. The van der Waals surface area contributed by atoms with Crippen LogP contribution in [0, 0.1) is 12.7 Å². The van der Waals surface area contributed by atoms with Gasteiger partial charge in [-0.1, -0.05) is 29.8 Å². The van der Waals surface area contributed by atoms with Crippen molar-refractivity contribution in [2.45, 2.75) is 13.0 Å². The average Bonchev–Trinajstić information content (AvgIpc) is 2.50. The molecular formula is C17H20FNO2. The predicted molar refractivity (Wildman–Crippen MR) is 81.6 cm³/mol. The summed E-state index contributed by atoms with van der Waals surface area (Å²) in [5.74, 6) is 0.575. The molecule has 0 saturated heterocycles. The Morgan fingerprint density at radius 1 is 1.00 bits per heavy atom. The molecule has 1 atom stereocenters. The third kappa shape index (κ3) is 3.16. The number of nitrogens with one attached hydrogen (secondary N) is 1. The van der Waals surface area contributed by atoms with E-state index >= 15 is 0 Å². The highest BCUT2D eigenvalue weighted by molar-refractivity contribution is 5.47. The smallest absolute Gasteiger partial charge is 0.163 e. The van der Waals surface area contributed by atoms with Gasteiger partial charge in [0, 0.05) is 11.6 Å². The molecule has 0 aromatic heterocycles. The Balaban J connectivity index is 2.49. The molecule has 1 unspecified atom stereocenters. The molecule has 21 heavy (non-hydrogen) atoms. The van der Waals surface area contributed by atoms with Gasteiger partial charge in [-0.2, -0.15) is 0 Å². The van der Waals surface area contributed by atoms with E-state index in [9.17, 15) is 4.39 Å². The summed E-state index contributed by atoms with van der Waals surface area (Å²) in [5, 5.41) is 3.15. The first-order valence-corrected chi connectivity index (χ1v) is 6.76. The summed E-state index contributed by atoms with van der Waals surface area (Å²) in [6.45, 7) is 2.02. The van der Waals surface area contributed by atoms with Gasteiger partial charge in [-0.15, -0.1) is 0 Å². The van der Waals surface area contributed by atoms with Gasteiger partial charge in [0.15, 0.2) is 11.5 Å². The minimum absolute atomic E-state index is 0.245. The number of halogens is 1. The zero-order valence-corrected chi connectivity index (χ0v) is 12.7. The second kappa shape index (κ2) is 6.59. The van der Waals surface area contributed by atoms with Crippen molar-refractivity contribution in [1.82, 2.24) is 5.32 Å². The highest BCUT2D eigenvalue weighted by Crippen LogP contribution is 2.34. The van der Waals surface area contributed by atoms with Gasteiger partial charge in [0.1, 0.15) is 5.82 Å².